The van der Waals surface area contributed by atoms with Crippen LogP contribution in [-0.4, -0.2) is 25.5 Å². The molecule has 3 nitrogen and oxygen atoms in total. The van der Waals surface area contributed by atoms with Gasteiger partial charge in [-0.15, -0.1) is 12.4 Å². The first-order valence-corrected chi connectivity index (χ1v) is 7.72. The van der Waals surface area contributed by atoms with Gasteiger partial charge in [0.15, 0.2) is 0 Å². The third-order valence-corrected chi connectivity index (χ3v) is 3.60. The second-order valence-corrected chi connectivity index (χ2v) is 5.73. The molecular formula is C15H23Cl3N2O. The van der Waals surface area contributed by atoms with Crippen molar-refractivity contribution in [3.63, 3.8) is 0 Å². The van der Waals surface area contributed by atoms with Gasteiger partial charge in [-0.3, -0.25) is 4.79 Å². The zero-order valence-electron chi connectivity index (χ0n) is 12.4. The normalized spacial score (nSPS) is 11.6. The quantitative estimate of drug-likeness (QED) is 0.700. The molecule has 0 heterocycles. The van der Waals surface area contributed by atoms with E-state index >= 15 is 0 Å². The van der Waals surface area contributed by atoms with Crippen molar-refractivity contribution in [2.75, 3.05) is 19.6 Å². The summed E-state index contributed by atoms with van der Waals surface area (Å²) in [5, 5.41) is 7.39. The molecule has 2 N–H and O–H groups in total. The van der Waals surface area contributed by atoms with Crippen molar-refractivity contribution >= 4 is 41.5 Å². The van der Waals surface area contributed by atoms with Gasteiger partial charge in [0.2, 0.25) is 5.91 Å². The average Bonchev–Trinajstić information content (AvgIpc) is 2.41. The highest BCUT2D eigenvalue weighted by Crippen LogP contribution is 2.23. The first-order valence-electron chi connectivity index (χ1n) is 6.97. The Hall–Kier alpha value is -0.480. The van der Waals surface area contributed by atoms with Crippen LogP contribution in [0.1, 0.15) is 25.8 Å². The molecule has 0 saturated carbocycles. The Labute approximate surface area is 143 Å². The van der Waals surface area contributed by atoms with Crippen LogP contribution in [0.15, 0.2) is 18.2 Å². The van der Waals surface area contributed by atoms with E-state index in [9.17, 15) is 4.79 Å². The monoisotopic (exact) mass is 352 g/mol. The molecule has 0 aromatic heterocycles. The maximum absolute atomic E-state index is 12.0. The van der Waals surface area contributed by atoms with Gasteiger partial charge in [-0.1, -0.05) is 43.1 Å². The lowest BCUT2D eigenvalue weighted by atomic mass is 10.0. The van der Waals surface area contributed by atoms with Crippen LogP contribution in [0.25, 0.3) is 0 Å². The zero-order valence-corrected chi connectivity index (χ0v) is 14.7. The van der Waals surface area contributed by atoms with Crippen molar-refractivity contribution in [2.45, 2.75) is 26.7 Å². The van der Waals surface area contributed by atoms with Crippen LogP contribution in [0.5, 0.6) is 0 Å². The van der Waals surface area contributed by atoms with Gasteiger partial charge in [-0.2, -0.15) is 0 Å². The van der Waals surface area contributed by atoms with E-state index in [0.29, 0.717) is 23.0 Å². The summed E-state index contributed by atoms with van der Waals surface area (Å²) in [6.45, 7) is 6.45. The molecule has 1 aromatic rings. The first kappa shape index (κ1) is 20.5. The van der Waals surface area contributed by atoms with Crippen molar-refractivity contribution in [2.24, 2.45) is 5.92 Å². The highest BCUT2D eigenvalue weighted by Gasteiger charge is 2.14. The summed E-state index contributed by atoms with van der Waals surface area (Å²) in [4.78, 5) is 12.0. The Bertz CT molecular complexity index is 441. The molecule has 1 atom stereocenters. The molecule has 21 heavy (non-hydrogen) atoms. The fourth-order valence-corrected chi connectivity index (χ4v) is 2.35. The SMILES string of the molecule is CCCNCCNC(=O)C(C)Cc1ccc(Cl)cc1Cl.Cl. The lowest BCUT2D eigenvalue weighted by Gasteiger charge is -2.13. The fourth-order valence-electron chi connectivity index (χ4n) is 1.86. The van der Waals surface area contributed by atoms with Crippen LogP contribution in [0.2, 0.25) is 10.0 Å². The van der Waals surface area contributed by atoms with Crippen LogP contribution in [0.4, 0.5) is 0 Å². The smallest absolute Gasteiger partial charge is 0.223 e. The summed E-state index contributed by atoms with van der Waals surface area (Å²) in [5.41, 5.74) is 0.947. The Kier molecular flexibility index (Phi) is 10.9. The van der Waals surface area contributed by atoms with Gasteiger partial charge < -0.3 is 10.6 Å². The molecule has 1 rings (SSSR count). The summed E-state index contributed by atoms with van der Waals surface area (Å²) in [7, 11) is 0. The fraction of sp³-hybridized carbons (Fsp3) is 0.533. The van der Waals surface area contributed by atoms with E-state index in [-0.39, 0.29) is 24.2 Å². The molecular weight excluding hydrogens is 331 g/mol. The summed E-state index contributed by atoms with van der Waals surface area (Å²) >= 11 is 12.0. The van der Waals surface area contributed by atoms with Crippen LogP contribution >= 0.6 is 35.6 Å². The molecule has 1 unspecified atom stereocenters. The minimum Gasteiger partial charge on any atom is -0.355 e. The third kappa shape index (κ3) is 7.91. The van der Waals surface area contributed by atoms with E-state index < -0.39 is 0 Å². The molecule has 0 aliphatic rings. The van der Waals surface area contributed by atoms with Gasteiger partial charge in [0.1, 0.15) is 0 Å². The third-order valence-electron chi connectivity index (χ3n) is 3.02. The van der Waals surface area contributed by atoms with Crippen molar-refractivity contribution in [1.82, 2.24) is 10.6 Å². The van der Waals surface area contributed by atoms with Crippen molar-refractivity contribution in [1.29, 1.82) is 0 Å². The lowest BCUT2D eigenvalue weighted by Crippen LogP contribution is -2.35. The van der Waals surface area contributed by atoms with Gasteiger partial charge in [-0.25, -0.2) is 0 Å². The number of nitrogens with one attached hydrogen (secondary N) is 2. The number of benzene rings is 1. The largest absolute Gasteiger partial charge is 0.355 e. The Morgan fingerprint density at radius 1 is 1.24 bits per heavy atom. The number of carbonyl (C=O) groups excluding carboxylic acids is 1. The highest BCUT2D eigenvalue weighted by atomic mass is 35.5. The molecule has 0 fully saturated rings. The van der Waals surface area contributed by atoms with E-state index in [1.165, 1.54) is 0 Å². The highest BCUT2D eigenvalue weighted by molar-refractivity contribution is 6.35. The minimum absolute atomic E-state index is 0. The molecule has 1 amide bonds. The van der Waals surface area contributed by atoms with Gasteiger partial charge in [0.25, 0.3) is 0 Å². The van der Waals surface area contributed by atoms with Crippen LogP contribution < -0.4 is 10.6 Å². The van der Waals surface area contributed by atoms with Gasteiger partial charge in [0.05, 0.1) is 0 Å². The average molecular weight is 354 g/mol. The topological polar surface area (TPSA) is 41.1 Å². The van der Waals surface area contributed by atoms with E-state index in [2.05, 4.69) is 17.6 Å². The van der Waals surface area contributed by atoms with E-state index in [1.807, 2.05) is 13.0 Å². The maximum Gasteiger partial charge on any atom is 0.223 e. The zero-order chi connectivity index (χ0) is 15.0. The molecule has 0 aliphatic carbocycles. The van der Waals surface area contributed by atoms with Crippen LogP contribution in [-0.2, 0) is 11.2 Å². The first-order chi connectivity index (χ1) is 9.54. The molecule has 1 aromatic carbocycles. The number of hydrogen-bond donors (Lipinski definition) is 2. The standard InChI is InChI=1S/C15H22Cl2N2O.ClH/c1-3-6-18-7-8-19-15(20)11(2)9-12-4-5-13(16)10-14(12)17;/h4-5,10-11,18H,3,6-9H2,1-2H3,(H,19,20);1H. The molecule has 0 spiro atoms. The lowest BCUT2D eigenvalue weighted by molar-refractivity contribution is -0.124. The summed E-state index contributed by atoms with van der Waals surface area (Å²) < 4.78 is 0. The number of halogens is 3. The van der Waals surface area contributed by atoms with Gasteiger partial charge >= 0.3 is 0 Å². The molecule has 0 radical (unpaired) electrons. The Balaban J connectivity index is 0.00000400. The maximum atomic E-state index is 12.0. The predicted molar refractivity (Wildman–Crippen MR) is 92.7 cm³/mol. The summed E-state index contributed by atoms with van der Waals surface area (Å²) in [6.07, 6.45) is 1.71. The predicted octanol–water partition coefficient (Wildman–Crippen LogP) is 3.71. The number of rotatable bonds is 8. The summed E-state index contributed by atoms with van der Waals surface area (Å²) in [6, 6.07) is 5.37. The van der Waals surface area contributed by atoms with Gasteiger partial charge in [-0.05, 0) is 37.1 Å². The van der Waals surface area contributed by atoms with E-state index in [0.717, 1.165) is 25.1 Å². The van der Waals surface area contributed by atoms with E-state index in [4.69, 9.17) is 23.2 Å². The molecule has 0 bridgehead atoms. The van der Waals surface area contributed by atoms with Crippen molar-refractivity contribution in [3.05, 3.63) is 33.8 Å². The number of amides is 1. The Morgan fingerprint density at radius 3 is 2.57 bits per heavy atom. The minimum atomic E-state index is -0.111. The summed E-state index contributed by atoms with van der Waals surface area (Å²) in [5.74, 6) is -0.0610. The van der Waals surface area contributed by atoms with E-state index in [1.54, 1.807) is 12.1 Å². The van der Waals surface area contributed by atoms with Gasteiger partial charge in [0, 0.05) is 29.1 Å². The molecule has 120 valence electrons. The second kappa shape index (κ2) is 11.1. The van der Waals surface area contributed by atoms with Crippen molar-refractivity contribution in [3.8, 4) is 0 Å². The number of carbonyl (C=O) groups is 1. The Morgan fingerprint density at radius 2 is 1.95 bits per heavy atom. The van der Waals surface area contributed by atoms with Crippen LogP contribution in [0.3, 0.4) is 0 Å². The van der Waals surface area contributed by atoms with Crippen LogP contribution in [0, 0.1) is 5.92 Å². The van der Waals surface area contributed by atoms with Crippen molar-refractivity contribution < 1.29 is 4.79 Å². The second-order valence-electron chi connectivity index (χ2n) is 4.88. The molecule has 0 saturated heterocycles. The number of hydrogen-bond acceptors (Lipinski definition) is 2. The molecule has 6 heteroatoms. The molecule has 0 aliphatic heterocycles.